The van der Waals surface area contributed by atoms with Gasteiger partial charge in [-0.05, 0) is 34.6 Å². The monoisotopic (exact) mass is 466 g/mol. The molecule has 8 nitrogen and oxygen atoms in total. The van der Waals surface area contributed by atoms with Crippen LogP contribution in [0.5, 0.6) is 0 Å². The van der Waals surface area contributed by atoms with Gasteiger partial charge in [0.05, 0.1) is 19.6 Å². The van der Waals surface area contributed by atoms with Crippen molar-refractivity contribution in [3.8, 4) is 11.1 Å². The lowest BCUT2D eigenvalue weighted by Gasteiger charge is -2.23. The Bertz CT molecular complexity index is 1010. The summed E-state index contributed by atoms with van der Waals surface area (Å²) in [7, 11) is 0. The number of carboxylic acid groups (broad SMARTS) is 1. The first-order valence-corrected chi connectivity index (χ1v) is 11.7. The third-order valence-corrected chi connectivity index (χ3v) is 6.59. The molecule has 1 fully saturated rings. The van der Waals surface area contributed by atoms with Gasteiger partial charge >= 0.3 is 12.1 Å². The summed E-state index contributed by atoms with van der Waals surface area (Å²) < 4.78 is 10.9. The molecule has 2 N–H and O–H groups in total. The zero-order valence-electron chi connectivity index (χ0n) is 19.2. The molecule has 1 saturated heterocycles. The molecule has 0 bridgehead atoms. The summed E-state index contributed by atoms with van der Waals surface area (Å²) >= 11 is 0. The molecule has 0 saturated carbocycles. The molecule has 2 atom stereocenters. The normalized spacial score (nSPS) is 18.9. The number of nitrogens with zero attached hydrogens (tertiary/aromatic N) is 1. The van der Waals surface area contributed by atoms with Crippen LogP contribution in [0, 0.1) is 5.92 Å². The molecule has 1 aliphatic carbocycles. The molecule has 2 aliphatic rings. The lowest BCUT2D eigenvalue weighted by molar-refractivity contribution is -0.149. The van der Waals surface area contributed by atoms with Crippen LogP contribution < -0.4 is 5.32 Å². The van der Waals surface area contributed by atoms with E-state index in [2.05, 4.69) is 29.6 Å². The molecule has 34 heavy (non-hydrogen) atoms. The number of amides is 2. The Morgan fingerprint density at radius 2 is 1.68 bits per heavy atom. The molecule has 0 aromatic heterocycles. The summed E-state index contributed by atoms with van der Waals surface area (Å²) in [6.45, 7) is 3.20. The Morgan fingerprint density at radius 1 is 1.03 bits per heavy atom. The van der Waals surface area contributed by atoms with E-state index in [-0.39, 0.29) is 50.5 Å². The van der Waals surface area contributed by atoms with Crippen molar-refractivity contribution < 1.29 is 29.0 Å². The van der Waals surface area contributed by atoms with Crippen LogP contribution in [0.15, 0.2) is 48.5 Å². The largest absolute Gasteiger partial charge is 0.480 e. The minimum Gasteiger partial charge on any atom is -0.480 e. The van der Waals surface area contributed by atoms with E-state index in [9.17, 15) is 19.5 Å². The molecule has 1 aliphatic heterocycles. The van der Waals surface area contributed by atoms with Crippen LogP contribution in [-0.2, 0) is 19.1 Å². The zero-order valence-corrected chi connectivity index (χ0v) is 19.2. The first kappa shape index (κ1) is 23.8. The van der Waals surface area contributed by atoms with Crippen molar-refractivity contribution in [2.24, 2.45) is 5.92 Å². The number of carbonyl (C=O) groups is 3. The van der Waals surface area contributed by atoms with E-state index in [0.717, 1.165) is 11.1 Å². The Morgan fingerprint density at radius 3 is 2.32 bits per heavy atom. The second kappa shape index (κ2) is 10.7. The van der Waals surface area contributed by atoms with Gasteiger partial charge in [0.25, 0.3) is 0 Å². The average Bonchev–Trinajstić information content (AvgIpc) is 3.38. The van der Waals surface area contributed by atoms with Gasteiger partial charge in [-0.2, -0.15) is 0 Å². The van der Waals surface area contributed by atoms with Gasteiger partial charge in [-0.25, -0.2) is 9.59 Å². The smallest absolute Gasteiger partial charge is 0.407 e. The standard InChI is InChI=1S/C26H30N2O6/c1-17-10-13-28(24(17)25(30)31)23(29)11-14-33-15-12-27-26(32)34-16-22-20-8-4-2-6-18(20)19-7-3-5-9-21(19)22/h2-9,17,22,24H,10-16H2,1H3,(H,27,32)(H,30,31). The van der Waals surface area contributed by atoms with E-state index >= 15 is 0 Å². The van der Waals surface area contributed by atoms with Gasteiger partial charge in [0.15, 0.2) is 0 Å². The van der Waals surface area contributed by atoms with Crippen LogP contribution in [0.4, 0.5) is 4.79 Å². The molecule has 0 spiro atoms. The van der Waals surface area contributed by atoms with E-state index in [1.54, 1.807) is 0 Å². The molecule has 2 aromatic rings. The number of benzene rings is 2. The quantitative estimate of drug-likeness (QED) is 0.550. The number of carbonyl (C=O) groups excluding carboxylic acids is 2. The van der Waals surface area contributed by atoms with Gasteiger partial charge in [0, 0.05) is 19.0 Å². The SMILES string of the molecule is CC1CCN(C(=O)CCOCCNC(=O)OCC2c3ccccc3-c3ccccc32)C1C(=O)O. The summed E-state index contributed by atoms with van der Waals surface area (Å²) in [6, 6.07) is 15.5. The maximum absolute atomic E-state index is 12.3. The van der Waals surface area contributed by atoms with Gasteiger partial charge in [0.1, 0.15) is 12.6 Å². The highest BCUT2D eigenvalue weighted by Gasteiger charge is 2.39. The minimum absolute atomic E-state index is 0.00310. The summed E-state index contributed by atoms with van der Waals surface area (Å²) in [5, 5.41) is 12.0. The van der Waals surface area contributed by atoms with Gasteiger partial charge < -0.3 is 24.8 Å². The number of ether oxygens (including phenoxy) is 2. The number of rotatable bonds is 9. The van der Waals surface area contributed by atoms with Gasteiger partial charge in [-0.3, -0.25) is 4.79 Å². The van der Waals surface area contributed by atoms with Gasteiger partial charge in [0.2, 0.25) is 5.91 Å². The molecule has 2 aromatic carbocycles. The molecule has 0 radical (unpaired) electrons. The number of fused-ring (bicyclic) bond motifs is 3. The fraction of sp³-hybridized carbons (Fsp3) is 0.423. The number of carboxylic acids is 1. The first-order chi connectivity index (χ1) is 16.5. The van der Waals surface area contributed by atoms with Crippen LogP contribution in [0.3, 0.4) is 0 Å². The van der Waals surface area contributed by atoms with Crippen molar-refractivity contribution in [3.05, 3.63) is 59.7 Å². The highest BCUT2D eigenvalue weighted by molar-refractivity contribution is 5.84. The Labute approximate surface area is 198 Å². The average molecular weight is 467 g/mol. The van der Waals surface area contributed by atoms with E-state index in [4.69, 9.17) is 9.47 Å². The number of hydrogen-bond acceptors (Lipinski definition) is 5. The number of nitrogens with one attached hydrogen (secondary N) is 1. The maximum atomic E-state index is 12.3. The third kappa shape index (κ3) is 5.07. The summed E-state index contributed by atoms with van der Waals surface area (Å²) in [4.78, 5) is 37.3. The number of aliphatic carboxylic acids is 1. The Hall–Kier alpha value is -3.39. The van der Waals surface area contributed by atoms with E-state index in [1.807, 2.05) is 31.2 Å². The van der Waals surface area contributed by atoms with Crippen molar-refractivity contribution in [2.45, 2.75) is 31.7 Å². The van der Waals surface area contributed by atoms with Gasteiger partial charge in [-0.15, -0.1) is 0 Å². The van der Waals surface area contributed by atoms with E-state index in [1.165, 1.54) is 16.0 Å². The van der Waals surface area contributed by atoms with Crippen LogP contribution >= 0.6 is 0 Å². The van der Waals surface area contributed by atoms with E-state index in [0.29, 0.717) is 13.0 Å². The Balaban J connectivity index is 1.15. The second-order valence-corrected chi connectivity index (χ2v) is 8.75. The lowest BCUT2D eigenvalue weighted by Crippen LogP contribution is -2.43. The fourth-order valence-corrected chi connectivity index (χ4v) is 4.88. The highest BCUT2D eigenvalue weighted by Crippen LogP contribution is 2.44. The topological polar surface area (TPSA) is 105 Å². The number of hydrogen-bond donors (Lipinski definition) is 2. The molecule has 8 heteroatoms. The molecule has 1 heterocycles. The minimum atomic E-state index is -0.966. The predicted octanol–water partition coefficient (Wildman–Crippen LogP) is 3.25. The molecule has 4 rings (SSSR count). The van der Waals surface area contributed by atoms with Crippen LogP contribution in [-0.4, -0.2) is 66.9 Å². The number of likely N-dealkylation sites (tertiary alicyclic amines) is 1. The maximum Gasteiger partial charge on any atom is 0.407 e. The van der Waals surface area contributed by atoms with Crippen molar-refractivity contribution >= 4 is 18.0 Å². The first-order valence-electron chi connectivity index (χ1n) is 11.7. The zero-order chi connectivity index (χ0) is 24.1. The van der Waals surface area contributed by atoms with Crippen LogP contribution in [0.25, 0.3) is 11.1 Å². The summed E-state index contributed by atoms with van der Waals surface area (Å²) in [5.74, 6) is -1.24. The van der Waals surface area contributed by atoms with Crippen molar-refractivity contribution in [1.82, 2.24) is 10.2 Å². The Kier molecular flexibility index (Phi) is 7.47. The molecule has 2 amide bonds. The second-order valence-electron chi connectivity index (χ2n) is 8.75. The lowest BCUT2D eigenvalue weighted by atomic mass is 9.98. The third-order valence-electron chi connectivity index (χ3n) is 6.59. The molecular formula is C26H30N2O6. The predicted molar refractivity (Wildman–Crippen MR) is 125 cm³/mol. The van der Waals surface area contributed by atoms with Gasteiger partial charge in [-0.1, -0.05) is 55.5 Å². The molecular weight excluding hydrogens is 436 g/mol. The molecule has 180 valence electrons. The van der Waals surface area contributed by atoms with E-state index < -0.39 is 18.1 Å². The van der Waals surface area contributed by atoms with Crippen molar-refractivity contribution in [1.29, 1.82) is 0 Å². The van der Waals surface area contributed by atoms with Crippen molar-refractivity contribution in [2.75, 3.05) is 32.9 Å². The summed E-state index contributed by atoms with van der Waals surface area (Å²) in [6.07, 6.45) is 0.284. The fourth-order valence-electron chi connectivity index (χ4n) is 4.88. The summed E-state index contributed by atoms with van der Waals surface area (Å²) in [5.41, 5.74) is 4.66. The van der Waals surface area contributed by atoms with Crippen LogP contribution in [0.1, 0.15) is 36.8 Å². The van der Waals surface area contributed by atoms with Crippen molar-refractivity contribution in [3.63, 3.8) is 0 Å². The highest BCUT2D eigenvalue weighted by atomic mass is 16.5. The molecule has 2 unspecified atom stereocenters. The number of alkyl carbamates (subject to hydrolysis) is 1. The van der Waals surface area contributed by atoms with Crippen LogP contribution in [0.2, 0.25) is 0 Å².